The number of hydrogen-bond acceptors (Lipinski definition) is 5. The number of benzene rings is 2. The zero-order valence-electron chi connectivity index (χ0n) is 13.8. The van der Waals surface area contributed by atoms with Gasteiger partial charge in [-0.1, -0.05) is 35.4 Å². The summed E-state index contributed by atoms with van der Waals surface area (Å²) in [4.78, 5) is 12.3. The Balaban J connectivity index is 1.74. The Kier molecular flexibility index (Phi) is 4.42. The van der Waals surface area contributed by atoms with E-state index >= 15 is 0 Å². The number of esters is 1. The number of aromatic nitrogens is 2. The van der Waals surface area contributed by atoms with E-state index in [9.17, 15) is 4.79 Å². The van der Waals surface area contributed by atoms with Crippen molar-refractivity contribution >= 4 is 5.97 Å². The lowest BCUT2D eigenvalue weighted by Crippen LogP contribution is -2.10. The molecule has 0 spiro atoms. The molecular weight excluding hydrogens is 304 g/mol. The van der Waals surface area contributed by atoms with Crippen LogP contribution in [0.3, 0.4) is 0 Å². The summed E-state index contributed by atoms with van der Waals surface area (Å²) in [5.41, 5.74) is 3.36. The van der Waals surface area contributed by atoms with Gasteiger partial charge in [-0.05, 0) is 45.0 Å². The summed E-state index contributed by atoms with van der Waals surface area (Å²) < 4.78 is 11.1. The van der Waals surface area contributed by atoms with Crippen LogP contribution in [0.1, 0.15) is 40.4 Å². The Morgan fingerprint density at radius 2 is 1.71 bits per heavy atom. The van der Waals surface area contributed by atoms with Crippen LogP contribution < -0.4 is 0 Å². The van der Waals surface area contributed by atoms with Gasteiger partial charge >= 0.3 is 5.97 Å². The Bertz CT molecular complexity index is 836. The topological polar surface area (TPSA) is 65.2 Å². The molecule has 0 bridgehead atoms. The molecule has 0 aliphatic carbocycles. The van der Waals surface area contributed by atoms with Crippen LogP contribution in [-0.4, -0.2) is 16.2 Å². The highest BCUT2D eigenvalue weighted by Crippen LogP contribution is 2.23. The van der Waals surface area contributed by atoms with E-state index < -0.39 is 12.1 Å². The molecule has 1 aromatic heterocycles. The van der Waals surface area contributed by atoms with Crippen molar-refractivity contribution in [3.05, 3.63) is 71.1 Å². The second-order valence-corrected chi connectivity index (χ2v) is 5.74. The quantitative estimate of drug-likeness (QED) is 0.671. The molecule has 3 aromatic rings. The number of aryl methyl sites for hydroxylation is 2. The van der Waals surface area contributed by atoms with E-state index in [1.165, 1.54) is 0 Å². The van der Waals surface area contributed by atoms with Gasteiger partial charge in [-0.25, -0.2) is 4.79 Å². The van der Waals surface area contributed by atoms with Crippen LogP contribution in [0.5, 0.6) is 0 Å². The van der Waals surface area contributed by atoms with Gasteiger partial charge in [-0.3, -0.25) is 0 Å². The van der Waals surface area contributed by atoms with Crippen molar-refractivity contribution in [3.63, 3.8) is 0 Å². The molecule has 0 aliphatic heterocycles. The Morgan fingerprint density at radius 1 is 1.04 bits per heavy atom. The molecule has 3 rings (SSSR count). The predicted octanol–water partition coefficient (Wildman–Crippen LogP) is 4.27. The molecule has 1 heterocycles. The maximum Gasteiger partial charge on any atom is 0.338 e. The number of hydrogen-bond donors (Lipinski definition) is 0. The van der Waals surface area contributed by atoms with Crippen LogP contribution >= 0.6 is 0 Å². The van der Waals surface area contributed by atoms with Gasteiger partial charge in [0, 0.05) is 5.56 Å². The molecule has 122 valence electrons. The highest BCUT2D eigenvalue weighted by molar-refractivity contribution is 5.90. The van der Waals surface area contributed by atoms with E-state index in [1.807, 2.05) is 50.2 Å². The van der Waals surface area contributed by atoms with Crippen LogP contribution in [0.4, 0.5) is 0 Å². The maximum atomic E-state index is 12.3. The molecular formula is C19H18N2O3. The number of ether oxygens (including phenoxy) is 1. The standard InChI is InChI=1S/C19H18N2O3/c1-12-9-13(2)11-16(10-12)19(22)23-14(3)17-20-21-18(24-17)15-7-5-4-6-8-15/h4-11,14H,1-3H3/t14-/m0/s1. The first kappa shape index (κ1) is 15.9. The van der Waals surface area contributed by atoms with Crippen LogP contribution in [0.15, 0.2) is 52.9 Å². The largest absolute Gasteiger partial charge is 0.449 e. The van der Waals surface area contributed by atoms with E-state index in [4.69, 9.17) is 9.15 Å². The van der Waals surface area contributed by atoms with Gasteiger partial charge in [0.1, 0.15) is 0 Å². The molecule has 5 nitrogen and oxygen atoms in total. The monoisotopic (exact) mass is 322 g/mol. The highest BCUT2D eigenvalue weighted by Gasteiger charge is 2.20. The number of rotatable bonds is 4. The summed E-state index contributed by atoms with van der Waals surface area (Å²) >= 11 is 0. The van der Waals surface area contributed by atoms with E-state index in [0.29, 0.717) is 11.5 Å². The molecule has 0 radical (unpaired) electrons. The van der Waals surface area contributed by atoms with Gasteiger partial charge in [0.25, 0.3) is 5.89 Å². The lowest BCUT2D eigenvalue weighted by Gasteiger charge is -2.10. The van der Waals surface area contributed by atoms with E-state index in [1.54, 1.807) is 19.1 Å². The van der Waals surface area contributed by atoms with Gasteiger partial charge in [-0.2, -0.15) is 0 Å². The van der Waals surface area contributed by atoms with Crippen LogP contribution in [0, 0.1) is 13.8 Å². The second-order valence-electron chi connectivity index (χ2n) is 5.74. The Morgan fingerprint density at radius 3 is 2.38 bits per heavy atom. The predicted molar refractivity (Wildman–Crippen MR) is 89.5 cm³/mol. The summed E-state index contributed by atoms with van der Waals surface area (Å²) in [6.07, 6.45) is -0.622. The van der Waals surface area contributed by atoms with Gasteiger partial charge in [0.15, 0.2) is 6.10 Å². The van der Waals surface area contributed by atoms with Crippen molar-refractivity contribution in [1.82, 2.24) is 10.2 Å². The molecule has 0 fully saturated rings. The highest BCUT2D eigenvalue weighted by atomic mass is 16.6. The van der Waals surface area contributed by atoms with Crippen molar-refractivity contribution in [2.75, 3.05) is 0 Å². The Hall–Kier alpha value is -2.95. The average Bonchev–Trinajstić information content (AvgIpc) is 3.05. The third-order valence-corrected chi connectivity index (χ3v) is 3.55. The second kappa shape index (κ2) is 6.66. The molecule has 5 heteroatoms. The number of carbonyl (C=O) groups is 1. The van der Waals surface area contributed by atoms with Gasteiger partial charge in [0.2, 0.25) is 5.89 Å². The Labute approximate surface area is 140 Å². The minimum Gasteiger partial charge on any atom is -0.449 e. The first-order valence-electron chi connectivity index (χ1n) is 7.71. The molecule has 2 aromatic carbocycles. The summed E-state index contributed by atoms with van der Waals surface area (Å²) in [5, 5.41) is 7.99. The molecule has 24 heavy (non-hydrogen) atoms. The molecule has 0 unspecified atom stereocenters. The van der Waals surface area contributed by atoms with Crippen molar-refractivity contribution in [2.24, 2.45) is 0 Å². The molecule has 0 aliphatic rings. The molecule has 1 atom stereocenters. The fraction of sp³-hybridized carbons (Fsp3) is 0.211. The summed E-state index contributed by atoms with van der Waals surface area (Å²) in [7, 11) is 0. The van der Waals surface area contributed by atoms with E-state index in [-0.39, 0.29) is 5.89 Å². The number of nitrogens with zero attached hydrogens (tertiary/aromatic N) is 2. The maximum absolute atomic E-state index is 12.3. The van der Waals surface area contributed by atoms with Crippen LogP contribution in [0.2, 0.25) is 0 Å². The number of carbonyl (C=O) groups excluding carboxylic acids is 1. The first-order chi connectivity index (χ1) is 11.5. The smallest absolute Gasteiger partial charge is 0.338 e. The molecule has 0 saturated carbocycles. The van der Waals surface area contributed by atoms with E-state index in [0.717, 1.165) is 16.7 Å². The molecule has 0 amide bonds. The third kappa shape index (κ3) is 3.51. The normalized spacial score (nSPS) is 12.0. The average molecular weight is 322 g/mol. The fourth-order valence-electron chi connectivity index (χ4n) is 2.47. The lowest BCUT2D eigenvalue weighted by molar-refractivity contribution is 0.0279. The molecule has 0 N–H and O–H groups in total. The fourth-order valence-corrected chi connectivity index (χ4v) is 2.47. The first-order valence-corrected chi connectivity index (χ1v) is 7.71. The zero-order chi connectivity index (χ0) is 17.1. The summed E-state index contributed by atoms with van der Waals surface area (Å²) in [5.74, 6) is 0.264. The minimum atomic E-state index is -0.622. The lowest BCUT2D eigenvalue weighted by atomic mass is 10.1. The summed E-state index contributed by atoms with van der Waals surface area (Å²) in [6, 6.07) is 15.0. The SMILES string of the molecule is Cc1cc(C)cc(C(=O)O[C@@H](C)c2nnc(-c3ccccc3)o2)c1. The summed E-state index contributed by atoms with van der Waals surface area (Å²) in [6.45, 7) is 5.59. The van der Waals surface area contributed by atoms with Gasteiger partial charge in [-0.15, -0.1) is 10.2 Å². The van der Waals surface area contributed by atoms with Crippen molar-refractivity contribution < 1.29 is 13.9 Å². The molecule has 0 saturated heterocycles. The van der Waals surface area contributed by atoms with Crippen LogP contribution in [-0.2, 0) is 4.74 Å². The zero-order valence-corrected chi connectivity index (χ0v) is 13.8. The van der Waals surface area contributed by atoms with Crippen molar-refractivity contribution in [2.45, 2.75) is 26.9 Å². The van der Waals surface area contributed by atoms with Gasteiger partial charge < -0.3 is 9.15 Å². The van der Waals surface area contributed by atoms with Gasteiger partial charge in [0.05, 0.1) is 5.56 Å². The van der Waals surface area contributed by atoms with Crippen molar-refractivity contribution in [3.8, 4) is 11.5 Å². The van der Waals surface area contributed by atoms with Crippen LogP contribution in [0.25, 0.3) is 11.5 Å². The minimum absolute atomic E-state index is 0.270. The van der Waals surface area contributed by atoms with Crippen molar-refractivity contribution in [1.29, 1.82) is 0 Å². The van der Waals surface area contributed by atoms with E-state index in [2.05, 4.69) is 10.2 Å². The third-order valence-electron chi connectivity index (χ3n) is 3.55.